The van der Waals surface area contributed by atoms with Gasteiger partial charge in [-0.25, -0.2) is 5.10 Å². The molecule has 0 bridgehead atoms. The van der Waals surface area contributed by atoms with Gasteiger partial charge in [0.15, 0.2) is 0 Å². The highest BCUT2D eigenvalue weighted by molar-refractivity contribution is 6.03. The number of hydrogen-bond acceptors (Lipinski definition) is 4. The topological polar surface area (TPSA) is 79.9 Å². The van der Waals surface area contributed by atoms with E-state index < -0.39 is 0 Å². The van der Waals surface area contributed by atoms with E-state index in [1.54, 1.807) is 24.3 Å². The van der Waals surface area contributed by atoms with Gasteiger partial charge in [0, 0.05) is 5.56 Å². The highest BCUT2D eigenvalue weighted by Crippen LogP contribution is 2.13. The number of nitrogens with one attached hydrogen (secondary N) is 2. The number of rotatable bonds is 5. The predicted molar refractivity (Wildman–Crippen MR) is 66.6 cm³/mol. The summed E-state index contributed by atoms with van der Waals surface area (Å²) in [5.41, 5.74) is 0.537. The van der Waals surface area contributed by atoms with Gasteiger partial charge in [0.1, 0.15) is 12.1 Å². The number of ether oxygens (including phenoxy) is 1. The Kier molecular flexibility index (Phi) is 3.90. The van der Waals surface area contributed by atoms with Gasteiger partial charge in [-0.05, 0) is 30.7 Å². The molecule has 1 heterocycles. The summed E-state index contributed by atoms with van der Waals surface area (Å²) in [5.74, 6) is 0.841. The first-order valence-electron chi connectivity index (χ1n) is 5.69. The molecule has 6 heteroatoms. The fraction of sp³-hybridized carbons (Fsp3) is 0.250. The molecule has 2 aromatic rings. The highest BCUT2D eigenvalue weighted by Gasteiger charge is 2.07. The molecular weight excluding hydrogens is 232 g/mol. The lowest BCUT2D eigenvalue weighted by atomic mass is 10.2. The zero-order chi connectivity index (χ0) is 12.8. The molecule has 0 fully saturated rings. The van der Waals surface area contributed by atoms with E-state index in [-0.39, 0.29) is 5.91 Å². The van der Waals surface area contributed by atoms with E-state index in [9.17, 15) is 4.79 Å². The number of amides is 1. The van der Waals surface area contributed by atoms with Crippen LogP contribution in [-0.2, 0) is 0 Å². The number of H-pyrrole nitrogens is 1. The summed E-state index contributed by atoms with van der Waals surface area (Å²) in [4.78, 5) is 15.6. The Labute approximate surface area is 104 Å². The van der Waals surface area contributed by atoms with E-state index in [1.807, 2.05) is 6.92 Å². The molecule has 1 aromatic heterocycles. The van der Waals surface area contributed by atoms with Crippen molar-refractivity contribution in [3.05, 3.63) is 36.2 Å². The summed E-state index contributed by atoms with van der Waals surface area (Å²) < 4.78 is 5.44. The summed E-state index contributed by atoms with van der Waals surface area (Å²) in [6, 6.07) is 6.95. The number of carbonyl (C=O) groups excluding carboxylic acids is 1. The Hall–Kier alpha value is -2.37. The first kappa shape index (κ1) is 12.1. The Morgan fingerprint density at radius 1 is 1.39 bits per heavy atom. The Morgan fingerprint density at radius 3 is 2.78 bits per heavy atom. The van der Waals surface area contributed by atoms with Crippen molar-refractivity contribution in [1.29, 1.82) is 0 Å². The summed E-state index contributed by atoms with van der Waals surface area (Å²) in [6.45, 7) is 2.71. The normalized spacial score (nSPS) is 10.1. The van der Waals surface area contributed by atoms with E-state index in [0.717, 1.165) is 12.2 Å². The molecule has 0 unspecified atom stereocenters. The molecular formula is C12H14N4O2. The van der Waals surface area contributed by atoms with Crippen LogP contribution in [0.5, 0.6) is 5.75 Å². The van der Waals surface area contributed by atoms with E-state index >= 15 is 0 Å². The number of aromatic amines is 1. The van der Waals surface area contributed by atoms with Gasteiger partial charge < -0.3 is 4.74 Å². The van der Waals surface area contributed by atoms with Crippen molar-refractivity contribution in [1.82, 2.24) is 15.2 Å². The van der Waals surface area contributed by atoms with Crippen LogP contribution in [0.4, 0.5) is 5.95 Å². The minimum Gasteiger partial charge on any atom is -0.494 e. The van der Waals surface area contributed by atoms with Crippen LogP contribution in [-0.4, -0.2) is 27.7 Å². The zero-order valence-electron chi connectivity index (χ0n) is 10.0. The van der Waals surface area contributed by atoms with Crippen molar-refractivity contribution in [3.8, 4) is 5.75 Å². The van der Waals surface area contributed by atoms with Gasteiger partial charge in [-0.3, -0.25) is 10.1 Å². The quantitative estimate of drug-likeness (QED) is 0.843. The third-order valence-electron chi connectivity index (χ3n) is 2.24. The molecule has 0 aliphatic heterocycles. The molecule has 0 saturated heterocycles. The lowest BCUT2D eigenvalue weighted by Gasteiger charge is -2.05. The van der Waals surface area contributed by atoms with Gasteiger partial charge in [0.25, 0.3) is 5.91 Å². The molecule has 1 aromatic carbocycles. The number of carbonyl (C=O) groups is 1. The van der Waals surface area contributed by atoms with Crippen molar-refractivity contribution in [3.63, 3.8) is 0 Å². The minimum absolute atomic E-state index is 0.242. The number of anilines is 1. The van der Waals surface area contributed by atoms with E-state index in [1.165, 1.54) is 6.33 Å². The second-order valence-corrected chi connectivity index (χ2v) is 3.66. The van der Waals surface area contributed by atoms with Crippen LogP contribution in [0.3, 0.4) is 0 Å². The van der Waals surface area contributed by atoms with Crippen molar-refractivity contribution >= 4 is 11.9 Å². The Bertz CT molecular complexity index is 493. The molecule has 0 aliphatic carbocycles. The first-order chi connectivity index (χ1) is 8.79. The number of aromatic nitrogens is 3. The third kappa shape index (κ3) is 3.07. The smallest absolute Gasteiger partial charge is 0.258 e. The predicted octanol–water partition coefficient (Wildman–Crippen LogP) is 1.85. The third-order valence-corrected chi connectivity index (χ3v) is 2.24. The van der Waals surface area contributed by atoms with Gasteiger partial charge in [0.05, 0.1) is 6.61 Å². The Morgan fingerprint density at radius 2 is 2.17 bits per heavy atom. The highest BCUT2D eigenvalue weighted by atomic mass is 16.5. The standard InChI is InChI=1S/C12H14N4O2/c1-2-7-18-10-5-3-9(4-6-10)11(17)15-12-13-8-14-16-12/h3-6,8H,2,7H2,1H3,(H2,13,14,15,16,17). The molecule has 1 amide bonds. The SMILES string of the molecule is CCCOc1ccc(C(=O)Nc2ncn[nH]2)cc1. The van der Waals surface area contributed by atoms with Crippen LogP contribution < -0.4 is 10.1 Å². The van der Waals surface area contributed by atoms with Crippen molar-refractivity contribution in [2.45, 2.75) is 13.3 Å². The van der Waals surface area contributed by atoms with Crippen molar-refractivity contribution < 1.29 is 9.53 Å². The van der Waals surface area contributed by atoms with E-state index in [2.05, 4.69) is 20.5 Å². The second kappa shape index (κ2) is 5.81. The van der Waals surface area contributed by atoms with Crippen molar-refractivity contribution in [2.24, 2.45) is 0 Å². The van der Waals surface area contributed by atoms with Crippen LogP contribution in [0.25, 0.3) is 0 Å². The molecule has 0 aliphatic rings. The maximum absolute atomic E-state index is 11.8. The van der Waals surface area contributed by atoms with Crippen molar-refractivity contribution in [2.75, 3.05) is 11.9 Å². The molecule has 0 radical (unpaired) electrons. The molecule has 2 rings (SSSR count). The van der Waals surface area contributed by atoms with Gasteiger partial charge in [-0.2, -0.15) is 10.1 Å². The average Bonchev–Trinajstić information content (AvgIpc) is 2.89. The maximum atomic E-state index is 11.8. The minimum atomic E-state index is -0.242. The largest absolute Gasteiger partial charge is 0.494 e. The summed E-state index contributed by atoms with van der Waals surface area (Å²) in [5, 5.41) is 8.80. The number of benzene rings is 1. The summed E-state index contributed by atoms with van der Waals surface area (Å²) in [7, 11) is 0. The fourth-order valence-electron chi connectivity index (χ4n) is 1.37. The van der Waals surface area contributed by atoms with Crippen LogP contribution in [0.15, 0.2) is 30.6 Å². The molecule has 0 saturated carbocycles. The Balaban J connectivity index is 1.98. The van der Waals surface area contributed by atoms with Crippen LogP contribution in [0, 0.1) is 0 Å². The molecule has 6 nitrogen and oxygen atoms in total. The first-order valence-corrected chi connectivity index (χ1v) is 5.69. The number of hydrogen-bond donors (Lipinski definition) is 2. The van der Waals surface area contributed by atoms with Crippen LogP contribution >= 0.6 is 0 Å². The fourth-order valence-corrected chi connectivity index (χ4v) is 1.37. The van der Waals surface area contributed by atoms with E-state index in [4.69, 9.17) is 4.74 Å². The lowest BCUT2D eigenvalue weighted by Crippen LogP contribution is -2.12. The molecule has 94 valence electrons. The second-order valence-electron chi connectivity index (χ2n) is 3.66. The monoisotopic (exact) mass is 246 g/mol. The molecule has 18 heavy (non-hydrogen) atoms. The summed E-state index contributed by atoms with van der Waals surface area (Å²) in [6.07, 6.45) is 2.28. The van der Waals surface area contributed by atoms with Gasteiger partial charge in [0.2, 0.25) is 5.95 Å². The van der Waals surface area contributed by atoms with Gasteiger partial charge >= 0.3 is 0 Å². The molecule has 2 N–H and O–H groups in total. The average molecular weight is 246 g/mol. The van der Waals surface area contributed by atoms with Crippen LogP contribution in [0.2, 0.25) is 0 Å². The van der Waals surface area contributed by atoms with Crippen LogP contribution in [0.1, 0.15) is 23.7 Å². The summed E-state index contributed by atoms with van der Waals surface area (Å²) >= 11 is 0. The maximum Gasteiger partial charge on any atom is 0.258 e. The zero-order valence-corrected chi connectivity index (χ0v) is 10.0. The molecule has 0 atom stereocenters. The molecule has 0 spiro atoms. The van der Waals surface area contributed by atoms with Gasteiger partial charge in [-0.1, -0.05) is 6.92 Å². The van der Waals surface area contributed by atoms with Gasteiger partial charge in [-0.15, -0.1) is 0 Å². The number of nitrogens with zero attached hydrogens (tertiary/aromatic N) is 2. The van der Waals surface area contributed by atoms with E-state index in [0.29, 0.717) is 18.1 Å². The lowest BCUT2D eigenvalue weighted by molar-refractivity contribution is 0.102.